The van der Waals surface area contributed by atoms with Crippen LogP contribution in [0, 0.1) is 17.8 Å². The molecule has 5 rings (SSSR count). The maximum Gasteiger partial charge on any atom is 0.405 e. The van der Waals surface area contributed by atoms with Gasteiger partial charge in [-0.15, -0.1) is 0 Å². The number of amides is 2. The average Bonchev–Trinajstić information content (AvgIpc) is 3.20. The van der Waals surface area contributed by atoms with E-state index in [1.165, 1.54) is 0 Å². The van der Waals surface area contributed by atoms with Crippen molar-refractivity contribution in [3.05, 3.63) is 47.7 Å². The van der Waals surface area contributed by atoms with Gasteiger partial charge in [0.15, 0.2) is 0 Å². The summed E-state index contributed by atoms with van der Waals surface area (Å²) in [5.74, 6) is -3.84. The lowest BCUT2D eigenvalue weighted by atomic mass is 9.72. The molecule has 2 N–H and O–H groups in total. The molecule has 2 aromatic rings. The number of pyridine rings is 1. The van der Waals surface area contributed by atoms with Crippen LogP contribution in [-0.2, 0) is 30.4 Å². The maximum atomic E-state index is 13.6. The summed E-state index contributed by atoms with van der Waals surface area (Å²) in [4.78, 5) is 57.6. The Labute approximate surface area is 207 Å². The van der Waals surface area contributed by atoms with Crippen LogP contribution < -0.4 is 5.32 Å². The summed E-state index contributed by atoms with van der Waals surface area (Å²) in [6, 6.07) is 8.48. The third kappa shape index (κ3) is 3.59. The van der Waals surface area contributed by atoms with E-state index >= 15 is 0 Å². The summed E-state index contributed by atoms with van der Waals surface area (Å²) in [5, 5.41) is 12.3. The number of ether oxygens (including phenoxy) is 2. The molecule has 188 valence electrons. The lowest BCUT2D eigenvalue weighted by Crippen LogP contribution is -2.62. The average molecular weight is 494 g/mol. The van der Waals surface area contributed by atoms with E-state index in [1.807, 2.05) is 30.3 Å². The standard InChI is InChI=1S/C26H27N3O7/c1-4-26(36-23(31)20(13(2)3)28-25(33)34)17-10-19-21-15(9-14-7-5-6-8-18(14)27-21)11-29(19)22(30)16(17)12-35-24(26)32/h5-10,13,16-17,20,28H,4,11-12H2,1-3H3,(H,33,34)/t16?,17?,20?,26-/m0/s1. The van der Waals surface area contributed by atoms with Crippen LogP contribution in [-0.4, -0.2) is 57.2 Å². The van der Waals surface area contributed by atoms with Crippen LogP contribution in [0.15, 0.2) is 36.4 Å². The van der Waals surface area contributed by atoms with Gasteiger partial charge < -0.3 is 24.8 Å². The zero-order chi connectivity index (χ0) is 25.8. The molecule has 10 heteroatoms. The summed E-state index contributed by atoms with van der Waals surface area (Å²) in [6.07, 6.45) is 0.462. The molecule has 0 bridgehead atoms. The second kappa shape index (κ2) is 8.61. The number of aromatic nitrogens is 1. The van der Waals surface area contributed by atoms with Crippen molar-refractivity contribution < 1.29 is 33.8 Å². The number of carboxylic acid groups (broad SMARTS) is 1. The van der Waals surface area contributed by atoms with Crippen LogP contribution in [0.3, 0.4) is 0 Å². The predicted octanol–water partition coefficient (Wildman–Crippen LogP) is 2.70. The van der Waals surface area contributed by atoms with Gasteiger partial charge in [-0.1, -0.05) is 39.0 Å². The van der Waals surface area contributed by atoms with Gasteiger partial charge in [0.25, 0.3) is 0 Å². The molecule has 4 heterocycles. The number of fused-ring (bicyclic) bond motifs is 5. The molecular weight excluding hydrogens is 466 g/mol. The molecular formula is C26H27N3O7. The maximum absolute atomic E-state index is 13.6. The molecule has 1 aromatic heterocycles. The van der Waals surface area contributed by atoms with Gasteiger partial charge in [-0.2, -0.15) is 0 Å². The third-order valence-corrected chi connectivity index (χ3v) is 7.30. The Bertz CT molecular complexity index is 1320. The molecule has 3 aliphatic heterocycles. The number of hydrogen-bond acceptors (Lipinski definition) is 7. The molecule has 10 nitrogen and oxygen atoms in total. The molecule has 4 atom stereocenters. The second-order valence-electron chi connectivity index (χ2n) is 9.73. The van der Waals surface area contributed by atoms with Crippen molar-refractivity contribution in [2.75, 3.05) is 6.61 Å². The number of hydrogen-bond donors (Lipinski definition) is 2. The number of nitrogens with one attached hydrogen (secondary N) is 1. The van der Waals surface area contributed by atoms with E-state index < -0.39 is 47.4 Å². The molecule has 1 saturated heterocycles. The van der Waals surface area contributed by atoms with Gasteiger partial charge in [-0.05, 0) is 30.5 Å². The van der Waals surface area contributed by atoms with Gasteiger partial charge in [0.2, 0.25) is 11.5 Å². The highest BCUT2D eigenvalue weighted by molar-refractivity contribution is 5.98. The molecule has 0 aliphatic carbocycles. The van der Waals surface area contributed by atoms with Gasteiger partial charge in [0, 0.05) is 16.9 Å². The molecule has 0 spiro atoms. The van der Waals surface area contributed by atoms with Crippen molar-refractivity contribution in [1.82, 2.24) is 15.2 Å². The highest BCUT2D eigenvalue weighted by atomic mass is 16.6. The summed E-state index contributed by atoms with van der Waals surface area (Å²) in [7, 11) is 0. The number of rotatable bonds is 5. The van der Waals surface area contributed by atoms with Crippen LogP contribution in [0.4, 0.5) is 4.79 Å². The fourth-order valence-corrected chi connectivity index (χ4v) is 5.38. The summed E-state index contributed by atoms with van der Waals surface area (Å²) in [5.41, 5.74) is 1.13. The van der Waals surface area contributed by atoms with Crippen molar-refractivity contribution in [3.8, 4) is 0 Å². The van der Waals surface area contributed by atoms with Crippen molar-refractivity contribution >= 4 is 40.5 Å². The van der Waals surface area contributed by atoms with Crippen LogP contribution in [0.2, 0.25) is 0 Å². The molecule has 1 aromatic carbocycles. The second-order valence-corrected chi connectivity index (χ2v) is 9.73. The van der Waals surface area contributed by atoms with Gasteiger partial charge >= 0.3 is 18.0 Å². The van der Waals surface area contributed by atoms with E-state index in [4.69, 9.17) is 14.5 Å². The lowest BCUT2D eigenvalue weighted by molar-refractivity contribution is -0.206. The van der Waals surface area contributed by atoms with Gasteiger partial charge in [-0.25, -0.2) is 19.4 Å². The Kier molecular flexibility index (Phi) is 5.69. The van der Waals surface area contributed by atoms with E-state index in [0.717, 1.165) is 16.5 Å². The minimum Gasteiger partial charge on any atom is -0.465 e. The Morgan fingerprint density at radius 3 is 2.75 bits per heavy atom. The van der Waals surface area contributed by atoms with Crippen LogP contribution >= 0.6 is 0 Å². The fraction of sp³-hybridized carbons (Fsp3) is 0.423. The van der Waals surface area contributed by atoms with E-state index in [1.54, 1.807) is 31.7 Å². The first kappa shape index (κ1) is 23.8. The first-order valence-electron chi connectivity index (χ1n) is 12.0. The number of para-hydroxylation sites is 1. The quantitative estimate of drug-likeness (QED) is 0.607. The van der Waals surface area contributed by atoms with Crippen LogP contribution in [0.5, 0.6) is 0 Å². The smallest absolute Gasteiger partial charge is 0.405 e. The first-order chi connectivity index (χ1) is 17.2. The first-order valence-corrected chi connectivity index (χ1v) is 12.0. The van der Waals surface area contributed by atoms with Crippen molar-refractivity contribution in [3.63, 3.8) is 0 Å². The Morgan fingerprint density at radius 2 is 2.06 bits per heavy atom. The van der Waals surface area contributed by atoms with Gasteiger partial charge in [0.1, 0.15) is 12.6 Å². The Hall–Kier alpha value is -3.95. The monoisotopic (exact) mass is 493 g/mol. The normalized spacial score (nSPS) is 25.4. The predicted molar refractivity (Wildman–Crippen MR) is 127 cm³/mol. The number of carbonyl (C=O) groups excluding carboxylic acids is 3. The molecule has 0 saturated carbocycles. The van der Waals surface area contributed by atoms with E-state index in [9.17, 15) is 24.3 Å². The van der Waals surface area contributed by atoms with Crippen molar-refractivity contribution in [1.29, 1.82) is 0 Å². The molecule has 1 fully saturated rings. The zero-order valence-corrected chi connectivity index (χ0v) is 20.2. The molecule has 0 radical (unpaired) electrons. The number of esters is 2. The van der Waals surface area contributed by atoms with Crippen molar-refractivity contribution in [2.45, 2.75) is 45.4 Å². The number of cyclic esters (lactones) is 1. The molecule has 3 unspecified atom stereocenters. The summed E-state index contributed by atoms with van der Waals surface area (Å²) >= 11 is 0. The van der Waals surface area contributed by atoms with Crippen LogP contribution in [0.25, 0.3) is 16.6 Å². The molecule has 2 amide bonds. The Balaban J connectivity index is 1.58. The lowest BCUT2D eigenvalue weighted by Gasteiger charge is -2.46. The summed E-state index contributed by atoms with van der Waals surface area (Å²) < 4.78 is 11.2. The Morgan fingerprint density at radius 1 is 1.31 bits per heavy atom. The fourth-order valence-electron chi connectivity index (χ4n) is 5.38. The van der Waals surface area contributed by atoms with Gasteiger partial charge in [0.05, 0.1) is 29.4 Å². The molecule has 36 heavy (non-hydrogen) atoms. The zero-order valence-electron chi connectivity index (χ0n) is 20.2. The van der Waals surface area contributed by atoms with Crippen LogP contribution in [0.1, 0.15) is 38.4 Å². The largest absolute Gasteiger partial charge is 0.465 e. The van der Waals surface area contributed by atoms with E-state index in [0.29, 0.717) is 17.9 Å². The SMILES string of the molecule is CC[C@@]1(OC(=O)C(NC(=O)O)C(C)C)C(=O)OCC2C(=O)N3Cc4cc5ccccc5nc4C3=CC21. The summed E-state index contributed by atoms with van der Waals surface area (Å²) in [6.45, 7) is 5.23. The van der Waals surface area contributed by atoms with E-state index in [-0.39, 0.29) is 18.9 Å². The minimum absolute atomic E-state index is 0.0473. The van der Waals surface area contributed by atoms with E-state index in [2.05, 4.69) is 5.32 Å². The number of nitrogens with zero attached hydrogens (tertiary/aromatic N) is 2. The topological polar surface area (TPSA) is 135 Å². The minimum atomic E-state index is -1.78. The highest BCUT2D eigenvalue weighted by Gasteiger charge is 2.60. The molecule has 3 aliphatic rings. The third-order valence-electron chi connectivity index (χ3n) is 7.30. The van der Waals surface area contributed by atoms with Gasteiger partial charge in [-0.3, -0.25) is 4.79 Å². The van der Waals surface area contributed by atoms with Crippen molar-refractivity contribution in [2.24, 2.45) is 17.8 Å². The highest BCUT2D eigenvalue weighted by Crippen LogP contribution is 2.47. The number of benzene rings is 1. The number of carbonyl (C=O) groups is 4.